The Morgan fingerprint density at radius 2 is 1.26 bits per heavy atom. The molecule has 0 spiro atoms. The summed E-state index contributed by atoms with van der Waals surface area (Å²) in [6.45, 7) is 7.13. The highest BCUT2D eigenvalue weighted by Crippen LogP contribution is 2.23. The van der Waals surface area contributed by atoms with Crippen LogP contribution in [0, 0.1) is 13.8 Å². The van der Waals surface area contributed by atoms with Gasteiger partial charge in [-0.1, -0.05) is 65.4 Å². The highest BCUT2D eigenvalue weighted by molar-refractivity contribution is 7.99. The van der Waals surface area contributed by atoms with E-state index >= 15 is 0 Å². The predicted octanol–water partition coefficient (Wildman–Crippen LogP) is 5.42. The summed E-state index contributed by atoms with van der Waals surface area (Å²) in [6.07, 6.45) is 0. The third-order valence-corrected chi connectivity index (χ3v) is 7.14. The summed E-state index contributed by atoms with van der Waals surface area (Å²) in [5, 5.41) is 7.01. The van der Waals surface area contributed by atoms with Crippen molar-refractivity contribution in [1.82, 2.24) is 19.9 Å². The number of carbonyl (C=O) groups is 1. The first-order valence-electron chi connectivity index (χ1n) is 12.7. The van der Waals surface area contributed by atoms with Crippen LogP contribution in [-0.2, 0) is 4.79 Å². The average Bonchev–Trinajstić information content (AvgIpc) is 2.95. The number of aryl methyl sites for hydroxylation is 2. The van der Waals surface area contributed by atoms with E-state index in [9.17, 15) is 4.79 Å². The molecule has 1 fully saturated rings. The van der Waals surface area contributed by atoms with Gasteiger partial charge in [0.15, 0.2) is 5.16 Å². The molecule has 1 aliphatic heterocycles. The fraction of sp³-hybridized carbons (Fsp3) is 0.241. The van der Waals surface area contributed by atoms with Crippen LogP contribution in [0.3, 0.4) is 0 Å². The molecular weight excluding hydrogens is 494 g/mol. The van der Waals surface area contributed by atoms with Crippen molar-refractivity contribution in [2.75, 3.05) is 47.5 Å². The van der Waals surface area contributed by atoms with E-state index in [1.165, 1.54) is 28.6 Å². The molecule has 2 N–H and O–H groups in total. The molecule has 8 nitrogen and oxygen atoms in total. The van der Waals surface area contributed by atoms with E-state index < -0.39 is 0 Å². The Balaban J connectivity index is 1.25. The molecule has 1 aromatic heterocycles. The summed E-state index contributed by atoms with van der Waals surface area (Å²) in [7, 11) is 0. The second-order valence-electron chi connectivity index (χ2n) is 9.24. The minimum atomic E-state index is 0.0872. The van der Waals surface area contributed by atoms with E-state index in [1.54, 1.807) is 0 Å². The number of anilines is 5. The van der Waals surface area contributed by atoms with Gasteiger partial charge in [0.05, 0.1) is 5.75 Å². The van der Waals surface area contributed by atoms with Crippen LogP contribution >= 0.6 is 11.8 Å². The molecule has 0 bridgehead atoms. The van der Waals surface area contributed by atoms with Gasteiger partial charge in [-0.15, -0.1) is 0 Å². The normalized spacial score (nSPS) is 13.3. The number of aromatic nitrogens is 3. The van der Waals surface area contributed by atoms with Gasteiger partial charge in [-0.25, -0.2) is 0 Å². The molecule has 5 rings (SSSR count). The first-order valence-corrected chi connectivity index (χ1v) is 13.6. The summed E-state index contributed by atoms with van der Waals surface area (Å²) in [5.74, 6) is 1.20. The molecule has 3 aromatic carbocycles. The average molecular weight is 526 g/mol. The topological polar surface area (TPSA) is 86.3 Å². The molecule has 0 unspecified atom stereocenters. The van der Waals surface area contributed by atoms with Gasteiger partial charge in [-0.05, 0) is 50.2 Å². The summed E-state index contributed by atoms with van der Waals surface area (Å²) >= 11 is 1.33. The number of thioether (sulfide) groups is 1. The van der Waals surface area contributed by atoms with Gasteiger partial charge in [-0.3, -0.25) is 4.79 Å². The number of nitrogens with one attached hydrogen (secondary N) is 2. The van der Waals surface area contributed by atoms with Gasteiger partial charge in [0.1, 0.15) is 0 Å². The van der Waals surface area contributed by atoms with Crippen molar-refractivity contribution in [3.63, 3.8) is 0 Å². The van der Waals surface area contributed by atoms with E-state index in [0.29, 0.717) is 30.1 Å². The van der Waals surface area contributed by atoms with Crippen molar-refractivity contribution in [1.29, 1.82) is 0 Å². The van der Waals surface area contributed by atoms with E-state index in [1.807, 2.05) is 85.5 Å². The largest absolute Gasteiger partial charge is 0.368 e. The Bertz CT molecular complexity index is 1290. The number of rotatable bonds is 8. The van der Waals surface area contributed by atoms with Crippen LogP contribution in [-0.4, -0.2) is 57.7 Å². The first kappa shape index (κ1) is 25.5. The summed E-state index contributed by atoms with van der Waals surface area (Å²) in [4.78, 5) is 31.0. The predicted molar refractivity (Wildman–Crippen MR) is 155 cm³/mol. The minimum absolute atomic E-state index is 0.0872. The molecule has 0 aliphatic carbocycles. The molecule has 0 saturated carbocycles. The van der Waals surface area contributed by atoms with Gasteiger partial charge in [0.2, 0.25) is 17.8 Å². The Hall–Kier alpha value is -4.11. The van der Waals surface area contributed by atoms with E-state index in [4.69, 9.17) is 0 Å². The van der Waals surface area contributed by atoms with Crippen molar-refractivity contribution < 1.29 is 4.79 Å². The number of nitrogens with zero attached hydrogens (tertiary/aromatic N) is 5. The Morgan fingerprint density at radius 1 is 0.737 bits per heavy atom. The lowest BCUT2D eigenvalue weighted by Crippen LogP contribution is -2.49. The number of amides is 1. The highest BCUT2D eigenvalue weighted by Gasteiger charge is 2.22. The SMILES string of the molecule is Cc1ccc(Nc2nc(Nc3ccc(C)cc3)nc(SCC(=O)N3CCN(c4ccccc4)CC3)n2)cc1. The second kappa shape index (κ2) is 12.0. The summed E-state index contributed by atoms with van der Waals surface area (Å²) in [6, 6.07) is 26.4. The molecule has 1 aliphatic rings. The lowest BCUT2D eigenvalue weighted by atomic mass is 10.2. The Labute approximate surface area is 227 Å². The number of benzene rings is 3. The Kier molecular flexibility index (Phi) is 8.04. The molecule has 4 aromatic rings. The van der Waals surface area contributed by atoms with Gasteiger partial charge in [-0.2, -0.15) is 15.0 Å². The highest BCUT2D eigenvalue weighted by atomic mass is 32.2. The summed E-state index contributed by atoms with van der Waals surface area (Å²) in [5.41, 5.74) is 5.30. The molecular formula is C29H31N7OS. The van der Waals surface area contributed by atoms with Crippen molar-refractivity contribution in [2.45, 2.75) is 19.0 Å². The van der Waals surface area contributed by atoms with E-state index in [2.05, 4.69) is 42.6 Å². The third kappa shape index (κ3) is 6.80. The van der Waals surface area contributed by atoms with Crippen LogP contribution in [0.1, 0.15) is 11.1 Å². The van der Waals surface area contributed by atoms with Crippen LogP contribution < -0.4 is 15.5 Å². The minimum Gasteiger partial charge on any atom is -0.368 e. The van der Waals surface area contributed by atoms with Crippen molar-refractivity contribution in [2.24, 2.45) is 0 Å². The van der Waals surface area contributed by atoms with Crippen LogP contribution in [0.5, 0.6) is 0 Å². The van der Waals surface area contributed by atoms with Crippen LogP contribution in [0.2, 0.25) is 0 Å². The monoisotopic (exact) mass is 525 g/mol. The lowest BCUT2D eigenvalue weighted by molar-refractivity contribution is -0.128. The smallest absolute Gasteiger partial charge is 0.233 e. The van der Waals surface area contributed by atoms with Gasteiger partial charge in [0, 0.05) is 43.2 Å². The molecule has 2 heterocycles. The number of hydrogen-bond donors (Lipinski definition) is 2. The number of carbonyl (C=O) groups excluding carboxylic acids is 1. The number of para-hydroxylation sites is 1. The van der Waals surface area contributed by atoms with Crippen molar-refractivity contribution in [3.8, 4) is 0 Å². The fourth-order valence-electron chi connectivity index (χ4n) is 4.14. The zero-order valence-electron chi connectivity index (χ0n) is 21.6. The maximum Gasteiger partial charge on any atom is 0.233 e. The molecule has 0 radical (unpaired) electrons. The van der Waals surface area contributed by atoms with Crippen LogP contribution in [0.15, 0.2) is 84.0 Å². The van der Waals surface area contributed by atoms with Gasteiger partial charge in [0.25, 0.3) is 0 Å². The molecule has 38 heavy (non-hydrogen) atoms. The zero-order valence-corrected chi connectivity index (χ0v) is 22.4. The molecule has 9 heteroatoms. The maximum atomic E-state index is 13.0. The fourth-order valence-corrected chi connectivity index (χ4v) is 4.87. The third-order valence-electron chi connectivity index (χ3n) is 6.31. The van der Waals surface area contributed by atoms with Crippen molar-refractivity contribution in [3.05, 3.63) is 90.0 Å². The second-order valence-corrected chi connectivity index (χ2v) is 10.2. The van der Waals surface area contributed by atoms with Gasteiger partial charge >= 0.3 is 0 Å². The standard InChI is InChI=1S/C29H31N7OS/c1-21-8-12-23(13-9-21)30-27-32-28(31-24-14-10-22(2)11-15-24)34-29(33-27)38-20-26(37)36-18-16-35(17-19-36)25-6-4-3-5-7-25/h3-15H,16-20H2,1-2H3,(H2,30,31,32,33,34). The number of hydrogen-bond acceptors (Lipinski definition) is 8. The van der Waals surface area contributed by atoms with Crippen LogP contribution in [0.4, 0.5) is 29.0 Å². The molecule has 0 atom stereocenters. The molecule has 1 saturated heterocycles. The zero-order chi connectivity index (χ0) is 26.3. The van der Waals surface area contributed by atoms with E-state index in [0.717, 1.165) is 24.5 Å². The first-order chi connectivity index (χ1) is 18.5. The van der Waals surface area contributed by atoms with Gasteiger partial charge < -0.3 is 20.4 Å². The summed E-state index contributed by atoms with van der Waals surface area (Å²) < 4.78 is 0. The van der Waals surface area contributed by atoms with E-state index in [-0.39, 0.29) is 11.7 Å². The molecule has 194 valence electrons. The number of piperazine rings is 1. The molecule has 1 amide bonds. The Morgan fingerprint density at radius 3 is 1.79 bits per heavy atom. The quantitative estimate of drug-likeness (QED) is 0.295. The lowest BCUT2D eigenvalue weighted by Gasteiger charge is -2.36. The maximum absolute atomic E-state index is 13.0. The van der Waals surface area contributed by atoms with Crippen molar-refractivity contribution >= 4 is 46.6 Å². The van der Waals surface area contributed by atoms with Crippen LogP contribution in [0.25, 0.3) is 0 Å².